The van der Waals surface area contributed by atoms with Crippen LogP contribution in [-0.4, -0.2) is 50.7 Å². The Morgan fingerprint density at radius 2 is 2.21 bits per heavy atom. The Balaban J connectivity index is 1.43. The van der Waals surface area contributed by atoms with Crippen molar-refractivity contribution in [2.24, 2.45) is 23.2 Å². The topological polar surface area (TPSA) is 70.0 Å². The minimum absolute atomic E-state index is 0.0193. The number of piperidine rings is 1. The molecular formula is C19H21NO4. The van der Waals surface area contributed by atoms with Crippen molar-refractivity contribution in [2.75, 3.05) is 6.54 Å². The summed E-state index contributed by atoms with van der Waals surface area (Å²) < 4.78 is 6.03. The maximum absolute atomic E-state index is 12.9. The first-order valence-electron chi connectivity index (χ1n) is 9.33. The fraction of sp³-hybridized carbons (Fsp3) is 0.737. The number of ketones is 1. The maximum Gasteiger partial charge on any atom is 0.175 e. The summed E-state index contributed by atoms with van der Waals surface area (Å²) in [4.78, 5) is 15.4. The van der Waals surface area contributed by atoms with Gasteiger partial charge >= 0.3 is 0 Å². The molecule has 5 nitrogen and oxygen atoms in total. The van der Waals surface area contributed by atoms with E-state index in [0.717, 1.165) is 25.3 Å². The van der Waals surface area contributed by atoms with Crippen LogP contribution in [0, 0.1) is 23.2 Å². The van der Waals surface area contributed by atoms with E-state index in [0.29, 0.717) is 12.2 Å². The van der Waals surface area contributed by atoms with E-state index in [1.54, 1.807) is 6.08 Å². The number of likely N-dealkylation sites (tertiary alicyclic amines) is 1. The molecule has 3 unspecified atom stereocenters. The fourth-order valence-electron chi connectivity index (χ4n) is 7.71. The van der Waals surface area contributed by atoms with Crippen LogP contribution in [0.3, 0.4) is 0 Å². The second-order valence-corrected chi connectivity index (χ2v) is 9.25. The normalized spacial score (nSPS) is 58.8. The number of allylic oxidation sites excluding steroid dienone is 3. The monoisotopic (exact) mass is 327 g/mol. The molecule has 126 valence electrons. The Kier molecular flexibility index (Phi) is 1.80. The predicted octanol–water partition coefficient (Wildman–Crippen LogP) is 1.29. The number of ether oxygens (including phenoxy) is 1. The highest BCUT2D eigenvalue weighted by Gasteiger charge is 2.96. The summed E-state index contributed by atoms with van der Waals surface area (Å²) in [7, 11) is 0. The van der Waals surface area contributed by atoms with Gasteiger partial charge in [0.05, 0.1) is 11.0 Å². The van der Waals surface area contributed by atoms with Crippen molar-refractivity contribution >= 4 is 5.78 Å². The van der Waals surface area contributed by atoms with E-state index in [2.05, 4.69) is 11.0 Å². The summed E-state index contributed by atoms with van der Waals surface area (Å²) in [5.74, 6) is 1.85. The molecule has 2 N–H and O–H groups in total. The SMILES string of the molecule is O=C1CC23C[C@@]45C6C(=C(O)C=CC6C[C@@H](N2CC2CC2)[C@]34O)O[C@@H]15. The minimum atomic E-state index is -0.804. The first-order valence-corrected chi connectivity index (χ1v) is 9.33. The number of aliphatic hydroxyl groups is 2. The molecule has 2 saturated heterocycles. The van der Waals surface area contributed by atoms with Crippen LogP contribution in [0.25, 0.3) is 0 Å². The van der Waals surface area contributed by atoms with E-state index in [1.165, 1.54) is 12.8 Å². The summed E-state index contributed by atoms with van der Waals surface area (Å²) in [6.45, 7) is 1.04. The van der Waals surface area contributed by atoms with Gasteiger partial charge in [0, 0.05) is 24.9 Å². The fourth-order valence-corrected chi connectivity index (χ4v) is 7.71. The van der Waals surface area contributed by atoms with Gasteiger partial charge in [-0.05, 0) is 43.6 Å². The molecule has 6 aliphatic carbocycles. The highest BCUT2D eigenvalue weighted by atomic mass is 16.5. The summed E-state index contributed by atoms with van der Waals surface area (Å²) in [6.07, 6.45) is 8.00. The van der Waals surface area contributed by atoms with Gasteiger partial charge in [0.2, 0.25) is 0 Å². The van der Waals surface area contributed by atoms with E-state index < -0.39 is 17.1 Å². The van der Waals surface area contributed by atoms with Gasteiger partial charge in [0.25, 0.3) is 0 Å². The Bertz CT molecular complexity index is 784. The number of carbonyl (C=O) groups excluding carboxylic acids is 1. The zero-order chi connectivity index (χ0) is 16.1. The molecule has 2 heterocycles. The Morgan fingerprint density at radius 3 is 3.00 bits per heavy atom. The van der Waals surface area contributed by atoms with Crippen molar-refractivity contribution in [2.45, 2.75) is 55.4 Å². The third-order valence-electron chi connectivity index (χ3n) is 8.55. The van der Waals surface area contributed by atoms with Crippen molar-refractivity contribution in [3.8, 4) is 0 Å². The van der Waals surface area contributed by atoms with E-state index in [-0.39, 0.29) is 35.0 Å². The molecule has 8 rings (SSSR count). The van der Waals surface area contributed by atoms with Crippen LogP contribution < -0.4 is 0 Å². The molecule has 2 spiro atoms. The molecule has 7 fully saturated rings. The Hall–Kier alpha value is -1.33. The average Bonchev–Trinajstić information content (AvgIpc) is 3.30. The van der Waals surface area contributed by atoms with Crippen LogP contribution in [0.15, 0.2) is 23.7 Å². The third kappa shape index (κ3) is 0.952. The highest BCUT2D eigenvalue weighted by Crippen LogP contribution is 2.83. The van der Waals surface area contributed by atoms with Crippen LogP contribution >= 0.6 is 0 Å². The third-order valence-corrected chi connectivity index (χ3v) is 8.55. The molecule has 0 amide bonds. The first-order chi connectivity index (χ1) is 11.5. The van der Waals surface area contributed by atoms with E-state index >= 15 is 0 Å². The molecule has 2 aliphatic heterocycles. The van der Waals surface area contributed by atoms with Crippen LogP contribution in [0.1, 0.15) is 32.1 Å². The molecule has 0 aromatic heterocycles. The second-order valence-electron chi connectivity index (χ2n) is 9.25. The second kappa shape index (κ2) is 3.34. The van der Waals surface area contributed by atoms with E-state index in [9.17, 15) is 15.0 Å². The number of fused-ring (bicyclic) bond motifs is 1. The van der Waals surface area contributed by atoms with Crippen LogP contribution in [0.5, 0.6) is 0 Å². The zero-order valence-corrected chi connectivity index (χ0v) is 13.4. The molecule has 0 aromatic rings. The molecule has 5 heteroatoms. The molecule has 0 radical (unpaired) electrons. The van der Waals surface area contributed by atoms with E-state index in [1.807, 2.05) is 0 Å². The van der Waals surface area contributed by atoms with Crippen molar-refractivity contribution in [3.63, 3.8) is 0 Å². The van der Waals surface area contributed by atoms with Gasteiger partial charge in [-0.1, -0.05) is 6.08 Å². The summed E-state index contributed by atoms with van der Waals surface area (Å²) in [6, 6.07) is 0.150. The lowest BCUT2D eigenvalue weighted by atomic mass is 9.26. The first kappa shape index (κ1) is 13.0. The Labute approximate surface area is 140 Å². The quantitative estimate of drug-likeness (QED) is 0.800. The average molecular weight is 327 g/mol. The van der Waals surface area contributed by atoms with Gasteiger partial charge in [-0.15, -0.1) is 0 Å². The van der Waals surface area contributed by atoms with Gasteiger partial charge < -0.3 is 14.9 Å². The molecule has 8 aliphatic rings. The Morgan fingerprint density at radius 1 is 1.38 bits per heavy atom. The van der Waals surface area contributed by atoms with Crippen LogP contribution in [-0.2, 0) is 9.53 Å². The van der Waals surface area contributed by atoms with E-state index in [4.69, 9.17) is 4.74 Å². The van der Waals surface area contributed by atoms with Crippen molar-refractivity contribution in [1.82, 2.24) is 4.90 Å². The largest absolute Gasteiger partial charge is 0.504 e. The maximum atomic E-state index is 12.9. The van der Waals surface area contributed by atoms with Crippen molar-refractivity contribution in [3.05, 3.63) is 23.7 Å². The molecule has 5 saturated carbocycles. The molecule has 0 aromatic carbocycles. The van der Waals surface area contributed by atoms with Gasteiger partial charge in [0.15, 0.2) is 17.6 Å². The van der Waals surface area contributed by atoms with Gasteiger partial charge in [-0.25, -0.2) is 0 Å². The predicted molar refractivity (Wildman–Crippen MR) is 82.8 cm³/mol. The molecule has 7 atom stereocenters. The van der Waals surface area contributed by atoms with Crippen LogP contribution in [0.4, 0.5) is 0 Å². The number of hydrogen-bond donors (Lipinski definition) is 2. The number of Topliss-reactive ketones (excluding diaryl/α,β-unsaturated/α-hetero) is 1. The summed E-state index contributed by atoms with van der Waals surface area (Å²) in [5, 5.41) is 22.1. The van der Waals surface area contributed by atoms with Crippen molar-refractivity contribution < 1.29 is 19.7 Å². The number of hydrogen-bond acceptors (Lipinski definition) is 5. The number of nitrogens with zero attached hydrogens (tertiary/aromatic N) is 1. The minimum Gasteiger partial charge on any atom is -0.504 e. The summed E-state index contributed by atoms with van der Waals surface area (Å²) in [5.41, 5.74) is -1.64. The van der Waals surface area contributed by atoms with Gasteiger partial charge in [-0.3, -0.25) is 9.69 Å². The van der Waals surface area contributed by atoms with Crippen LogP contribution in [0.2, 0.25) is 0 Å². The van der Waals surface area contributed by atoms with Crippen molar-refractivity contribution in [1.29, 1.82) is 0 Å². The van der Waals surface area contributed by atoms with Gasteiger partial charge in [0.1, 0.15) is 11.4 Å². The number of rotatable bonds is 2. The highest BCUT2D eigenvalue weighted by molar-refractivity contribution is 5.91. The smallest absolute Gasteiger partial charge is 0.175 e. The molecular weight excluding hydrogens is 306 g/mol. The lowest BCUT2D eigenvalue weighted by Crippen LogP contribution is -3.02. The standard InChI is InChI=1S/C19H21NO4/c21-11-4-3-10-5-13-19(23)17(20(13)7-9-1-2-9)6-12(22)16-18(19,8-17)14(10)15(11)24-16/h3-4,9-10,13-14,16,21,23H,1-2,5-8H2/t10?,13-,14?,16+,17?,18+,19+/m1/s1. The zero-order valence-electron chi connectivity index (χ0n) is 13.4. The number of aliphatic hydroxyl groups excluding tert-OH is 1. The number of carbonyl (C=O) groups is 1. The lowest BCUT2D eigenvalue weighted by molar-refractivity contribution is -0.430. The summed E-state index contributed by atoms with van der Waals surface area (Å²) >= 11 is 0. The molecule has 24 heavy (non-hydrogen) atoms. The lowest BCUT2D eigenvalue weighted by Gasteiger charge is -2.87. The van der Waals surface area contributed by atoms with Gasteiger partial charge in [-0.2, -0.15) is 0 Å². The molecule has 2 bridgehead atoms.